The zero-order valence-electron chi connectivity index (χ0n) is 11.6. The maximum absolute atomic E-state index is 13.9. The van der Waals surface area contributed by atoms with E-state index in [4.69, 9.17) is 0 Å². The molecule has 114 valence electrons. The number of benzene rings is 1. The number of nitrogens with zero attached hydrogens (tertiary/aromatic N) is 1. The van der Waals surface area contributed by atoms with E-state index in [1.165, 1.54) is 0 Å². The Hall–Kier alpha value is -2.05. The average molecular weight is 298 g/mol. The highest BCUT2D eigenvalue weighted by atomic mass is 19.1. The molecule has 1 N–H and O–H groups in total. The normalized spacial score (nSPS) is 15.6. The van der Waals surface area contributed by atoms with Gasteiger partial charge in [0.2, 0.25) is 5.82 Å². The summed E-state index contributed by atoms with van der Waals surface area (Å²) in [6, 6.07) is 1.02. The average Bonchev–Trinajstić information content (AvgIpc) is 3.23. The van der Waals surface area contributed by atoms with Gasteiger partial charge in [0.05, 0.1) is 16.6 Å². The Morgan fingerprint density at radius 3 is 2.67 bits per heavy atom. The fourth-order valence-electron chi connectivity index (χ4n) is 2.22. The second-order valence-electron chi connectivity index (χ2n) is 5.30. The van der Waals surface area contributed by atoms with Crippen molar-refractivity contribution in [2.75, 3.05) is 0 Å². The van der Waals surface area contributed by atoms with E-state index in [-0.39, 0.29) is 6.04 Å². The van der Waals surface area contributed by atoms with Crippen molar-refractivity contribution in [2.24, 2.45) is 5.92 Å². The van der Waals surface area contributed by atoms with Gasteiger partial charge in [0.1, 0.15) is 5.82 Å². The molecule has 0 spiro atoms. The van der Waals surface area contributed by atoms with Crippen molar-refractivity contribution in [1.82, 2.24) is 5.32 Å². The van der Waals surface area contributed by atoms with Crippen LogP contribution in [0.1, 0.15) is 43.0 Å². The van der Waals surface area contributed by atoms with Crippen LogP contribution in [-0.2, 0) is 0 Å². The minimum absolute atomic E-state index is 0.133. The predicted octanol–water partition coefficient (Wildman–Crippen LogP) is 3.18. The van der Waals surface area contributed by atoms with E-state index in [9.17, 15) is 23.7 Å². The number of nitro benzene ring substituents is 1. The molecule has 2 rings (SSSR count). The molecule has 0 radical (unpaired) electrons. The number of amides is 1. The highest BCUT2D eigenvalue weighted by Crippen LogP contribution is 2.34. The molecule has 1 aliphatic carbocycles. The molecule has 0 heterocycles. The molecule has 1 aromatic rings. The van der Waals surface area contributed by atoms with Crippen LogP contribution in [0, 0.1) is 27.7 Å². The smallest absolute Gasteiger partial charge is 0.308 e. The molecule has 5 nitrogen and oxygen atoms in total. The molecule has 1 saturated carbocycles. The third-order valence-electron chi connectivity index (χ3n) is 3.60. The number of nitrogens with one attached hydrogen (secondary N) is 1. The lowest BCUT2D eigenvalue weighted by Crippen LogP contribution is -2.35. The fraction of sp³-hybridized carbons (Fsp3) is 0.500. The van der Waals surface area contributed by atoms with Crippen LogP contribution >= 0.6 is 0 Å². The first-order chi connectivity index (χ1) is 9.92. The van der Waals surface area contributed by atoms with Crippen molar-refractivity contribution in [1.29, 1.82) is 0 Å². The minimum atomic E-state index is -1.31. The highest BCUT2D eigenvalue weighted by Gasteiger charge is 2.28. The second-order valence-corrected chi connectivity index (χ2v) is 5.30. The summed E-state index contributed by atoms with van der Waals surface area (Å²) in [6.07, 6.45) is 3.70. The van der Waals surface area contributed by atoms with Crippen LogP contribution in [0.25, 0.3) is 0 Å². The van der Waals surface area contributed by atoms with Crippen molar-refractivity contribution >= 4 is 11.6 Å². The number of rotatable bonds is 6. The standard InChI is InChI=1S/C14H16F2N2O3/c1-2-10(5-8-3-4-8)17-14(19)11-6-9(15)7-12(13(11)16)18(20)21/h6-8,10H,2-5H2,1H3,(H,17,19). The topological polar surface area (TPSA) is 72.2 Å². The second kappa shape index (κ2) is 6.15. The van der Waals surface area contributed by atoms with Gasteiger partial charge in [-0.1, -0.05) is 19.8 Å². The monoisotopic (exact) mass is 298 g/mol. The maximum atomic E-state index is 13.9. The van der Waals surface area contributed by atoms with E-state index in [1.807, 2.05) is 6.92 Å². The minimum Gasteiger partial charge on any atom is -0.349 e. The number of carbonyl (C=O) groups is 1. The van der Waals surface area contributed by atoms with Crippen LogP contribution in [0.5, 0.6) is 0 Å². The van der Waals surface area contributed by atoms with E-state index >= 15 is 0 Å². The summed E-state index contributed by atoms with van der Waals surface area (Å²) in [5.41, 5.74) is -1.66. The molecule has 1 aromatic carbocycles. The van der Waals surface area contributed by atoms with Gasteiger partial charge in [-0.2, -0.15) is 4.39 Å². The molecule has 0 aromatic heterocycles. The van der Waals surface area contributed by atoms with E-state index in [1.54, 1.807) is 0 Å². The van der Waals surface area contributed by atoms with E-state index in [0.717, 1.165) is 19.3 Å². The molecule has 0 saturated heterocycles. The molecule has 21 heavy (non-hydrogen) atoms. The fourth-order valence-corrected chi connectivity index (χ4v) is 2.22. The molecule has 1 amide bonds. The molecular weight excluding hydrogens is 282 g/mol. The molecule has 1 fully saturated rings. The van der Waals surface area contributed by atoms with Gasteiger partial charge in [-0.3, -0.25) is 14.9 Å². The number of carbonyl (C=O) groups excluding carboxylic acids is 1. The Morgan fingerprint density at radius 2 is 2.14 bits per heavy atom. The zero-order valence-corrected chi connectivity index (χ0v) is 11.6. The first-order valence-corrected chi connectivity index (χ1v) is 6.86. The van der Waals surface area contributed by atoms with Crippen LogP contribution in [0.4, 0.5) is 14.5 Å². The van der Waals surface area contributed by atoms with Crippen LogP contribution in [0.3, 0.4) is 0 Å². The number of nitro groups is 1. The molecule has 1 atom stereocenters. The summed E-state index contributed by atoms with van der Waals surface area (Å²) in [5.74, 6) is -2.56. The number of hydrogen-bond donors (Lipinski definition) is 1. The molecule has 1 aliphatic rings. The summed E-state index contributed by atoms with van der Waals surface area (Å²) in [5, 5.41) is 13.3. The van der Waals surface area contributed by atoms with Gasteiger partial charge in [0.25, 0.3) is 5.91 Å². The lowest BCUT2D eigenvalue weighted by Gasteiger charge is -2.16. The first-order valence-electron chi connectivity index (χ1n) is 6.86. The third kappa shape index (κ3) is 3.74. The van der Waals surface area contributed by atoms with E-state index in [2.05, 4.69) is 5.32 Å². The van der Waals surface area contributed by atoms with Crippen LogP contribution in [-0.4, -0.2) is 16.9 Å². The summed E-state index contributed by atoms with van der Waals surface area (Å²) < 4.78 is 27.2. The number of halogens is 2. The summed E-state index contributed by atoms with van der Waals surface area (Å²) in [6.45, 7) is 1.89. The van der Waals surface area contributed by atoms with Gasteiger partial charge in [0, 0.05) is 6.04 Å². The van der Waals surface area contributed by atoms with Crippen molar-refractivity contribution in [3.8, 4) is 0 Å². The van der Waals surface area contributed by atoms with Gasteiger partial charge < -0.3 is 5.32 Å². The lowest BCUT2D eigenvalue weighted by molar-refractivity contribution is -0.387. The van der Waals surface area contributed by atoms with E-state index in [0.29, 0.717) is 24.5 Å². The third-order valence-corrected chi connectivity index (χ3v) is 3.60. The van der Waals surface area contributed by atoms with Gasteiger partial charge >= 0.3 is 5.69 Å². The SMILES string of the molecule is CCC(CC1CC1)NC(=O)c1cc(F)cc([N+](=O)[O-])c1F. The highest BCUT2D eigenvalue weighted by molar-refractivity contribution is 5.95. The van der Waals surface area contributed by atoms with Gasteiger partial charge in [-0.05, 0) is 24.8 Å². The molecular formula is C14H16F2N2O3. The molecule has 1 unspecified atom stereocenters. The van der Waals surface area contributed by atoms with Crippen molar-refractivity contribution < 1.29 is 18.5 Å². The van der Waals surface area contributed by atoms with Gasteiger partial charge in [-0.15, -0.1) is 0 Å². The van der Waals surface area contributed by atoms with Crippen LogP contribution in [0.2, 0.25) is 0 Å². The van der Waals surface area contributed by atoms with Gasteiger partial charge in [0.15, 0.2) is 0 Å². The van der Waals surface area contributed by atoms with Crippen LogP contribution in [0.15, 0.2) is 12.1 Å². The Labute approximate surface area is 120 Å². The molecule has 7 heteroatoms. The first kappa shape index (κ1) is 15.3. The Bertz CT molecular complexity index is 574. The van der Waals surface area contributed by atoms with Gasteiger partial charge in [-0.25, -0.2) is 4.39 Å². The largest absolute Gasteiger partial charge is 0.349 e. The van der Waals surface area contributed by atoms with Crippen molar-refractivity contribution in [2.45, 2.75) is 38.6 Å². The molecule has 0 bridgehead atoms. The number of hydrogen-bond acceptors (Lipinski definition) is 3. The van der Waals surface area contributed by atoms with Crippen molar-refractivity contribution in [3.63, 3.8) is 0 Å². The Kier molecular flexibility index (Phi) is 4.50. The molecule has 0 aliphatic heterocycles. The van der Waals surface area contributed by atoms with E-state index < -0.39 is 33.7 Å². The summed E-state index contributed by atoms with van der Waals surface area (Å²) in [4.78, 5) is 21.6. The van der Waals surface area contributed by atoms with Crippen LogP contribution < -0.4 is 5.32 Å². The maximum Gasteiger partial charge on any atom is 0.308 e. The Balaban J connectivity index is 2.19. The Morgan fingerprint density at radius 1 is 1.48 bits per heavy atom. The lowest BCUT2D eigenvalue weighted by atomic mass is 10.1. The predicted molar refractivity (Wildman–Crippen MR) is 71.9 cm³/mol. The quantitative estimate of drug-likeness (QED) is 0.647. The summed E-state index contributed by atoms with van der Waals surface area (Å²) in [7, 11) is 0. The summed E-state index contributed by atoms with van der Waals surface area (Å²) >= 11 is 0. The van der Waals surface area contributed by atoms with Crippen molar-refractivity contribution in [3.05, 3.63) is 39.4 Å². The zero-order chi connectivity index (χ0) is 15.6.